The van der Waals surface area contributed by atoms with Gasteiger partial charge in [-0.25, -0.2) is 0 Å². The first-order chi connectivity index (χ1) is 12.1. The van der Waals surface area contributed by atoms with Crippen molar-refractivity contribution < 1.29 is 19.0 Å². The van der Waals surface area contributed by atoms with E-state index in [2.05, 4.69) is 17.1 Å². The number of methoxy groups -OCH3 is 2. The summed E-state index contributed by atoms with van der Waals surface area (Å²) in [5.74, 6) is 2.30. The number of benzene rings is 1. The van der Waals surface area contributed by atoms with E-state index in [4.69, 9.17) is 14.2 Å². The monoisotopic (exact) mass is 348 g/mol. The Kier molecular flexibility index (Phi) is 5.81. The summed E-state index contributed by atoms with van der Waals surface area (Å²) < 4.78 is 16.3. The van der Waals surface area contributed by atoms with Crippen LogP contribution in [0.2, 0.25) is 0 Å². The molecule has 1 aliphatic heterocycles. The van der Waals surface area contributed by atoms with Gasteiger partial charge < -0.3 is 19.5 Å². The molecule has 3 rings (SSSR count). The van der Waals surface area contributed by atoms with E-state index >= 15 is 0 Å². The quantitative estimate of drug-likeness (QED) is 0.815. The number of ether oxygens (including phenoxy) is 3. The molecule has 1 saturated heterocycles. The van der Waals surface area contributed by atoms with Crippen LogP contribution in [0.5, 0.6) is 11.5 Å². The molecule has 1 heterocycles. The van der Waals surface area contributed by atoms with Crippen LogP contribution < -0.4 is 14.8 Å². The molecule has 2 aliphatic rings. The molecule has 138 valence electrons. The Morgan fingerprint density at radius 3 is 2.56 bits per heavy atom. The molecule has 3 unspecified atom stereocenters. The lowest BCUT2D eigenvalue weighted by Crippen LogP contribution is -2.44. The van der Waals surface area contributed by atoms with Crippen LogP contribution in [0.15, 0.2) is 18.2 Å². The first kappa shape index (κ1) is 18.0. The average molecular weight is 348 g/mol. The Bertz CT molecular complexity index is 601. The zero-order chi connectivity index (χ0) is 17.8. The highest BCUT2D eigenvalue weighted by Gasteiger charge is 2.39. The maximum Gasteiger partial charge on any atom is 0.223 e. The molecular weight excluding hydrogens is 320 g/mol. The Balaban J connectivity index is 1.76. The predicted octanol–water partition coefficient (Wildman–Crippen LogP) is 1.85. The number of nitrogens with zero attached hydrogens (tertiary/aromatic N) is 1. The van der Waals surface area contributed by atoms with E-state index in [1.165, 1.54) is 0 Å². The molecule has 1 aromatic carbocycles. The van der Waals surface area contributed by atoms with Gasteiger partial charge in [0.25, 0.3) is 0 Å². The van der Waals surface area contributed by atoms with Crippen molar-refractivity contribution >= 4 is 5.91 Å². The predicted molar refractivity (Wildman–Crippen MR) is 95.0 cm³/mol. The number of hydrogen-bond donors (Lipinski definition) is 1. The second-order valence-electron chi connectivity index (χ2n) is 6.84. The van der Waals surface area contributed by atoms with Gasteiger partial charge in [0.05, 0.1) is 33.5 Å². The number of rotatable bonds is 7. The summed E-state index contributed by atoms with van der Waals surface area (Å²) in [6.07, 6.45) is 1.00. The van der Waals surface area contributed by atoms with Crippen molar-refractivity contribution in [2.45, 2.75) is 19.4 Å². The Hall–Kier alpha value is -1.79. The second-order valence-corrected chi connectivity index (χ2v) is 6.84. The van der Waals surface area contributed by atoms with Crippen molar-refractivity contribution in [2.75, 3.05) is 47.1 Å². The summed E-state index contributed by atoms with van der Waals surface area (Å²) in [4.78, 5) is 14.6. The van der Waals surface area contributed by atoms with E-state index in [9.17, 15) is 4.79 Å². The maximum atomic E-state index is 12.3. The lowest BCUT2D eigenvalue weighted by Gasteiger charge is -2.35. The van der Waals surface area contributed by atoms with Gasteiger partial charge in [0.1, 0.15) is 0 Å². The fraction of sp³-hybridized carbons (Fsp3) is 0.632. The number of morpholine rings is 1. The largest absolute Gasteiger partial charge is 0.493 e. The van der Waals surface area contributed by atoms with Crippen molar-refractivity contribution in [3.8, 4) is 11.5 Å². The van der Waals surface area contributed by atoms with Crippen molar-refractivity contribution in [1.82, 2.24) is 10.2 Å². The molecule has 1 aromatic rings. The third-order valence-corrected chi connectivity index (χ3v) is 5.19. The van der Waals surface area contributed by atoms with Crippen LogP contribution in [0, 0.1) is 11.8 Å². The number of hydrogen-bond acceptors (Lipinski definition) is 5. The smallest absolute Gasteiger partial charge is 0.223 e. The number of carbonyl (C=O) groups excluding carboxylic acids is 1. The van der Waals surface area contributed by atoms with E-state index in [0.717, 1.165) is 38.3 Å². The van der Waals surface area contributed by atoms with E-state index < -0.39 is 0 Å². The van der Waals surface area contributed by atoms with Crippen LogP contribution in [0.1, 0.15) is 24.9 Å². The standard InChI is InChI=1S/C19H28N2O4/c1-13-10-15(13)19(22)20-12-16(21-6-8-25-9-7-21)14-4-5-17(23-2)18(11-14)24-3/h4-5,11,13,15-16H,6-10,12H2,1-3H3,(H,20,22). The van der Waals surface area contributed by atoms with E-state index in [-0.39, 0.29) is 17.9 Å². The fourth-order valence-corrected chi connectivity index (χ4v) is 3.42. The van der Waals surface area contributed by atoms with Crippen LogP contribution in [0.4, 0.5) is 0 Å². The van der Waals surface area contributed by atoms with Crippen molar-refractivity contribution in [2.24, 2.45) is 11.8 Å². The summed E-state index contributed by atoms with van der Waals surface area (Å²) in [7, 11) is 3.27. The van der Waals surface area contributed by atoms with Gasteiger partial charge in [0, 0.05) is 25.6 Å². The summed E-state index contributed by atoms with van der Waals surface area (Å²) in [5.41, 5.74) is 1.11. The van der Waals surface area contributed by atoms with Crippen LogP contribution in [-0.4, -0.2) is 57.9 Å². The van der Waals surface area contributed by atoms with Crippen molar-refractivity contribution in [3.63, 3.8) is 0 Å². The molecule has 1 amide bonds. The second kappa shape index (κ2) is 8.06. The number of carbonyl (C=O) groups is 1. The Labute approximate surface area is 149 Å². The van der Waals surface area contributed by atoms with Crippen molar-refractivity contribution in [3.05, 3.63) is 23.8 Å². The Morgan fingerprint density at radius 2 is 1.96 bits per heavy atom. The number of nitrogens with one attached hydrogen (secondary N) is 1. The summed E-state index contributed by atoms with van der Waals surface area (Å²) in [5, 5.41) is 3.14. The molecular formula is C19H28N2O4. The minimum absolute atomic E-state index is 0.0988. The van der Waals surface area contributed by atoms with Gasteiger partial charge in [-0.1, -0.05) is 13.0 Å². The zero-order valence-electron chi connectivity index (χ0n) is 15.3. The van der Waals surface area contributed by atoms with Gasteiger partial charge in [-0.15, -0.1) is 0 Å². The molecule has 25 heavy (non-hydrogen) atoms. The minimum atomic E-state index is 0.0988. The van der Waals surface area contributed by atoms with Crippen LogP contribution in [-0.2, 0) is 9.53 Å². The molecule has 0 aromatic heterocycles. The first-order valence-electron chi connectivity index (χ1n) is 8.95. The van der Waals surface area contributed by atoms with Gasteiger partial charge in [-0.2, -0.15) is 0 Å². The van der Waals surface area contributed by atoms with E-state index in [0.29, 0.717) is 24.0 Å². The SMILES string of the molecule is COc1ccc(C(CNC(=O)C2CC2C)N2CCOCC2)cc1OC. The first-order valence-corrected chi connectivity index (χ1v) is 8.95. The van der Waals surface area contributed by atoms with Gasteiger partial charge in [-0.05, 0) is 30.0 Å². The highest BCUT2D eigenvalue weighted by molar-refractivity contribution is 5.81. The van der Waals surface area contributed by atoms with E-state index in [1.807, 2.05) is 18.2 Å². The molecule has 1 saturated carbocycles. The summed E-state index contributed by atoms with van der Waals surface area (Å²) in [6.45, 7) is 5.87. The molecule has 1 N–H and O–H groups in total. The lowest BCUT2D eigenvalue weighted by molar-refractivity contribution is -0.122. The normalized spacial score (nSPS) is 24.4. The van der Waals surface area contributed by atoms with Crippen LogP contribution in [0.3, 0.4) is 0 Å². The topological polar surface area (TPSA) is 60.0 Å². The summed E-state index contributed by atoms with van der Waals surface area (Å²) in [6, 6.07) is 6.08. The Morgan fingerprint density at radius 1 is 1.28 bits per heavy atom. The molecule has 3 atom stereocenters. The van der Waals surface area contributed by atoms with E-state index in [1.54, 1.807) is 14.2 Å². The highest BCUT2D eigenvalue weighted by atomic mass is 16.5. The molecule has 2 fully saturated rings. The fourth-order valence-electron chi connectivity index (χ4n) is 3.42. The average Bonchev–Trinajstić information content (AvgIpc) is 3.39. The minimum Gasteiger partial charge on any atom is -0.493 e. The van der Waals surface area contributed by atoms with Crippen LogP contribution in [0.25, 0.3) is 0 Å². The maximum absolute atomic E-state index is 12.3. The molecule has 6 heteroatoms. The molecule has 6 nitrogen and oxygen atoms in total. The van der Waals surface area contributed by atoms with Gasteiger partial charge >= 0.3 is 0 Å². The van der Waals surface area contributed by atoms with Crippen LogP contribution >= 0.6 is 0 Å². The highest BCUT2D eigenvalue weighted by Crippen LogP contribution is 2.38. The lowest BCUT2D eigenvalue weighted by atomic mass is 10.0. The van der Waals surface area contributed by atoms with Gasteiger partial charge in [-0.3, -0.25) is 9.69 Å². The number of amides is 1. The van der Waals surface area contributed by atoms with Gasteiger partial charge in [0.15, 0.2) is 11.5 Å². The molecule has 0 radical (unpaired) electrons. The molecule has 1 aliphatic carbocycles. The third kappa shape index (κ3) is 4.25. The van der Waals surface area contributed by atoms with Crippen molar-refractivity contribution in [1.29, 1.82) is 0 Å². The summed E-state index contributed by atoms with van der Waals surface area (Å²) >= 11 is 0. The molecule has 0 spiro atoms. The van der Waals surface area contributed by atoms with Gasteiger partial charge in [0.2, 0.25) is 5.91 Å². The third-order valence-electron chi connectivity index (χ3n) is 5.19. The zero-order valence-corrected chi connectivity index (χ0v) is 15.3. The molecule has 0 bridgehead atoms.